The van der Waals surface area contributed by atoms with Crippen molar-refractivity contribution >= 4 is 34.0 Å². The molecule has 2 heterocycles. The van der Waals surface area contributed by atoms with Crippen molar-refractivity contribution in [3.63, 3.8) is 0 Å². The first-order valence-electron chi connectivity index (χ1n) is 8.46. The number of benzene rings is 2. The molecule has 27 heavy (non-hydrogen) atoms. The molecular weight excluding hydrogens is 370 g/mol. The SMILES string of the molecule is COc1ccc(Cl)c(Nc2ncnc3cc(O)cc(O[C@H]4CCOC4)c23)c1. The molecule has 0 spiro atoms. The van der Waals surface area contributed by atoms with Crippen molar-refractivity contribution in [2.75, 3.05) is 25.6 Å². The third-order valence-corrected chi connectivity index (χ3v) is 4.62. The second-order valence-electron chi connectivity index (χ2n) is 6.13. The fourth-order valence-electron chi connectivity index (χ4n) is 2.97. The van der Waals surface area contributed by atoms with Gasteiger partial charge in [-0.05, 0) is 12.1 Å². The van der Waals surface area contributed by atoms with E-state index in [1.54, 1.807) is 37.4 Å². The highest BCUT2D eigenvalue weighted by Crippen LogP contribution is 2.37. The number of aromatic nitrogens is 2. The van der Waals surface area contributed by atoms with E-state index in [0.29, 0.717) is 52.1 Å². The number of halogens is 1. The van der Waals surface area contributed by atoms with Gasteiger partial charge < -0.3 is 24.6 Å². The summed E-state index contributed by atoms with van der Waals surface area (Å²) in [4.78, 5) is 8.60. The second kappa shape index (κ2) is 7.46. The predicted octanol–water partition coefficient (Wildman–Crippen LogP) is 3.91. The molecule has 0 saturated carbocycles. The van der Waals surface area contributed by atoms with Gasteiger partial charge in [0.25, 0.3) is 0 Å². The summed E-state index contributed by atoms with van der Waals surface area (Å²) in [5.41, 5.74) is 1.19. The van der Waals surface area contributed by atoms with E-state index in [0.717, 1.165) is 6.42 Å². The third-order valence-electron chi connectivity index (χ3n) is 4.29. The predicted molar refractivity (Wildman–Crippen MR) is 102 cm³/mol. The monoisotopic (exact) mass is 387 g/mol. The van der Waals surface area contributed by atoms with Crippen LogP contribution in [0.1, 0.15) is 6.42 Å². The van der Waals surface area contributed by atoms with Crippen molar-refractivity contribution in [1.82, 2.24) is 9.97 Å². The minimum Gasteiger partial charge on any atom is -0.508 e. The van der Waals surface area contributed by atoms with Crippen LogP contribution in [0.4, 0.5) is 11.5 Å². The molecule has 0 bridgehead atoms. The van der Waals surface area contributed by atoms with Gasteiger partial charge in [-0.3, -0.25) is 0 Å². The number of hydrogen-bond donors (Lipinski definition) is 2. The Morgan fingerprint density at radius 2 is 2.15 bits per heavy atom. The van der Waals surface area contributed by atoms with Gasteiger partial charge in [-0.15, -0.1) is 0 Å². The van der Waals surface area contributed by atoms with E-state index in [-0.39, 0.29) is 11.9 Å². The molecule has 3 aromatic rings. The summed E-state index contributed by atoms with van der Waals surface area (Å²) in [7, 11) is 1.59. The fourth-order valence-corrected chi connectivity index (χ4v) is 3.13. The summed E-state index contributed by atoms with van der Waals surface area (Å²) in [5.74, 6) is 1.74. The molecule has 1 aliphatic heterocycles. The minimum atomic E-state index is -0.0801. The number of rotatable bonds is 5. The molecular formula is C19H18ClN3O4. The number of hydrogen-bond acceptors (Lipinski definition) is 7. The Morgan fingerprint density at radius 3 is 2.93 bits per heavy atom. The van der Waals surface area contributed by atoms with E-state index in [2.05, 4.69) is 15.3 Å². The Balaban J connectivity index is 1.78. The molecule has 1 aliphatic rings. The fraction of sp³-hybridized carbons (Fsp3) is 0.263. The average Bonchev–Trinajstić information content (AvgIpc) is 3.16. The van der Waals surface area contributed by atoms with Crippen LogP contribution in [-0.2, 0) is 4.74 Å². The van der Waals surface area contributed by atoms with Crippen LogP contribution in [0.15, 0.2) is 36.7 Å². The number of methoxy groups -OCH3 is 1. The van der Waals surface area contributed by atoms with Crippen LogP contribution in [0.25, 0.3) is 10.9 Å². The molecule has 0 amide bonds. The summed E-state index contributed by atoms with van der Waals surface area (Å²) in [6, 6.07) is 8.42. The molecule has 8 heteroatoms. The maximum atomic E-state index is 10.0. The summed E-state index contributed by atoms with van der Waals surface area (Å²) in [5, 5.41) is 14.4. The molecule has 0 unspecified atom stereocenters. The molecule has 0 radical (unpaired) electrons. The van der Waals surface area contributed by atoms with Gasteiger partial charge in [0.1, 0.15) is 35.5 Å². The Morgan fingerprint density at radius 1 is 1.26 bits per heavy atom. The van der Waals surface area contributed by atoms with Crippen molar-refractivity contribution in [1.29, 1.82) is 0 Å². The van der Waals surface area contributed by atoms with Crippen molar-refractivity contribution in [3.8, 4) is 17.2 Å². The standard InChI is InChI=1S/C19H18ClN3O4/c1-25-12-2-3-14(20)15(8-12)23-19-18-16(21-10-22-19)6-11(24)7-17(18)27-13-4-5-26-9-13/h2-3,6-8,10,13,24H,4-5,9H2,1H3,(H,21,22,23)/t13-/m0/s1. The lowest BCUT2D eigenvalue weighted by atomic mass is 10.2. The number of nitrogens with one attached hydrogen (secondary N) is 1. The van der Waals surface area contributed by atoms with Gasteiger partial charge in [0.15, 0.2) is 0 Å². The van der Waals surface area contributed by atoms with Crippen LogP contribution in [0.3, 0.4) is 0 Å². The molecule has 1 fully saturated rings. The molecule has 2 N–H and O–H groups in total. The third kappa shape index (κ3) is 3.70. The zero-order valence-electron chi connectivity index (χ0n) is 14.6. The molecule has 140 valence electrons. The normalized spacial score (nSPS) is 16.4. The van der Waals surface area contributed by atoms with Crippen molar-refractivity contribution in [2.24, 2.45) is 0 Å². The first-order valence-corrected chi connectivity index (χ1v) is 8.84. The van der Waals surface area contributed by atoms with E-state index < -0.39 is 0 Å². The highest BCUT2D eigenvalue weighted by atomic mass is 35.5. The number of anilines is 2. The topological polar surface area (TPSA) is 85.7 Å². The lowest BCUT2D eigenvalue weighted by molar-refractivity contribution is 0.142. The van der Waals surface area contributed by atoms with Gasteiger partial charge in [-0.25, -0.2) is 9.97 Å². The van der Waals surface area contributed by atoms with Crippen LogP contribution >= 0.6 is 11.6 Å². The van der Waals surface area contributed by atoms with E-state index in [9.17, 15) is 5.11 Å². The maximum Gasteiger partial charge on any atom is 0.145 e. The van der Waals surface area contributed by atoms with Crippen molar-refractivity contribution in [3.05, 3.63) is 41.7 Å². The molecule has 4 rings (SSSR count). The van der Waals surface area contributed by atoms with E-state index >= 15 is 0 Å². The minimum absolute atomic E-state index is 0.0699. The molecule has 1 atom stereocenters. The number of fused-ring (bicyclic) bond motifs is 1. The Labute approximate surface area is 160 Å². The molecule has 1 aromatic heterocycles. The van der Waals surface area contributed by atoms with Crippen molar-refractivity contribution < 1.29 is 19.3 Å². The summed E-state index contributed by atoms with van der Waals surface area (Å²) >= 11 is 6.31. The number of phenols is 1. The number of ether oxygens (including phenoxy) is 3. The molecule has 2 aromatic carbocycles. The first kappa shape index (κ1) is 17.6. The zero-order valence-corrected chi connectivity index (χ0v) is 15.4. The summed E-state index contributed by atoms with van der Waals surface area (Å²) in [6.45, 7) is 1.16. The highest BCUT2D eigenvalue weighted by Gasteiger charge is 2.21. The highest BCUT2D eigenvalue weighted by molar-refractivity contribution is 6.33. The Bertz CT molecular complexity index is 977. The zero-order chi connectivity index (χ0) is 18.8. The average molecular weight is 388 g/mol. The molecule has 1 saturated heterocycles. The van der Waals surface area contributed by atoms with Crippen LogP contribution in [0.2, 0.25) is 5.02 Å². The quantitative estimate of drug-likeness (QED) is 0.686. The van der Waals surface area contributed by atoms with Crippen LogP contribution < -0.4 is 14.8 Å². The smallest absolute Gasteiger partial charge is 0.145 e. The van der Waals surface area contributed by atoms with E-state index in [1.165, 1.54) is 6.33 Å². The Hall–Kier alpha value is -2.77. The largest absolute Gasteiger partial charge is 0.508 e. The lowest BCUT2D eigenvalue weighted by Gasteiger charge is -2.17. The number of aromatic hydroxyl groups is 1. The van der Waals surface area contributed by atoms with Gasteiger partial charge in [-0.2, -0.15) is 0 Å². The number of phenolic OH excluding ortho intramolecular Hbond substituents is 1. The maximum absolute atomic E-state index is 10.0. The van der Waals surface area contributed by atoms with E-state index in [1.807, 2.05) is 0 Å². The summed E-state index contributed by atoms with van der Waals surface area (Å²) in [6.07, 6.45) is 2.12. The van der Waals surface area contributed by atoms with Crippen molar-refractivity contribution in [2.45, 2.75) is 12.5 Å². The van der Waals surface area contributed by atoms with Crippen LogP contribution in [0.5, 0.6) is 17.2 Å². The van der Waals surface area contributed by atoms with Gasteiger partial charge >= 0.3 is 0 Å². The van der Waals surface area contributed by atoms with Crippen LogP contribution in [-0.4, -0.2) is 41.5 Å². The lowest BCUT2D eigenvalue weighted by Crippen LogP contribution is -2.16. The summed E-state index contributed by atoms with van der Waals surface area (Å²) < 4.78 is 16.7. The van der Waals surface area contributed by atoms with E-state index in [4.69, 9.17) is 25.8 Å². The van der Waals surface area contributed by atoms with Gasteiger partial charge in [0, 0.05) is 24.6 Å². The van der Waals surface area contributed by atoms with Crippen LogP contribution in [0, 0.1) is 0 Å². The van der Waals surface area contributed by atoms with Gasteiger partial charge in [0.05, 0.1) is 41.9 Å². The van der Waals surface area contributed by atoms with Gasteiger partial charge in [-0.1, -0.05) is 11.6 Å². The Kier molecular flexibility index (Phi) is 4.87. The second-order valence-corrected chi connectivity index (χ2v) is 6.54. The molecule has 0 aliphatic carbocycles. The molecule has 7 nitrogen and oxygen atoms in total. The number of nitrogens with zero attached hydrogens (tertiary/aromatic N) is 2. The van der Waals surface area contributed by atoms with Gasteiger partial charge in [0.2, 0.25) is 0 Å². The first-order chi connectivity index (χ1) is 13.1.